The summed E-state index contributed by atoms with van der Waals surface area (Å²) < 4.78 is 2.28. The summed E-state index contributed by atoms with van der Waals surface area (Å²) >= 11 is 1.71. The van der Waals surface area contributed by atoms with Crippen LogP contribution < -0.4 is 0 Å². The highest BCUT2D eigenvalue weighted by molar-refractivity contribution is 8.01. The highest BCUT2D eigenvalue weighted by Gasteiger charge is 2.27. The second-order valence-corrected chi connectivity index (χ2v) is 5.08. The lowest BCUT2D eigenvalue weighted by Gasteiger charge is -2.38. The van der Waals surface area contributed by atoms with E-state index in [9.17, 15) is 0 Å². The highest BCUT2D eigenvalue weighted by Crippen LogP contribution is 2.32. The molecule has 5 heteroatoms. The SMILES string of the molecule is [B]/C(C=C)=C/C(=C\C)SN1CC(C[B]C#N)C1. The lowest BCUT2D eigenvalue weighted by molar-refractivity contribution is 0.240. The number of nitrogens with zero attached hydrogens (tertiary/aromatic N) is 2. The molecule has 2 nitrogen and oxygen atoms in total. The number of rotatable bonds is 6. The van der Waals surface area contributed by atoms with Gasteiger partial charge in [0.1, 0.15) is 7.85 Å². The third-order valence-electron chi connectivity index (χ3n) is 2.53. The molecule has 0 N–H and O–H groups in total. The van der Waals surface area contributed by atoms with Crippen LogP contribution in [-0.4, -0.2) is 32.5 Å². The zero-order valence-corrected chi connectivity index (χ0v) is 10.9. The van der Waals surface area contributed by atoms with Crippen LogP contribution in [0.15, 0.2) is 35.2 Å². The molecular weight excluding hydrogens is 226 g/mol. The van der Waals surface area contributed by atoms with Crippen LogP contribution >= 0.6 is 11.9 Å². The molecule has 0 aromatic rings. The molecule has 0 aliphatic carbocycles. The standard InChI is InChI=1S/C12H15B2N2S/c1-3-11(13)5-12(4-2)17-16-7-10(8-16)6-14-9-15/h3-5,10H,1,6-8H2,2H3/b11-5+,12-4+. The third kappa shape index (κ3) is 4.89. The van der Waals surface area contributed by atoms with Crippen LogP contribution in [0.5, 0.6) is 0 Å². The Balaban J connectivity index is 2.32. The van der Waals surface area contributed by atoms with Gasteiger partial charge >= 0.3 is 0 Å². The predicted octanol–water partition coefficient (Wildman–Crippen LogP) is 2.31. The van der Waals surface area contributed by atoms with Crippen molar-refractivity contribution in [1.82, 2.24) is 4.31 Å². The molecule has 0 spiro atoms. The number of hydrogen-bond acceptors (Lipinski definition) is 3. The Kier molecular flexibility index (Phi) is 6.25. The van der Waals surface area contributed by atoms with E-state index >= 15 is 0 Å². The molecule has 0 unspecified atom stereocenters. The second-order valence-electron chi connectivity index (χ2n) is 3.91. The largest absolute Gasteiger partial charge is 0.255 e. The van der Waals surface area contributed by atoms with Crippen molar-refractivity contribution in [1.29, 1.82) is 5.26 Å². The molecule has 1 saturated heterocycles. The molecule has 1 fully saturated rings. The van der Waals surface area contributed by atoms with Crippen LogP contribution in [0.1, 0.15) is 6.92 Å². The fourth-order valence-corrected chi connectivity index (χ4v) is 2.66. The van der Waals surface area contributed by atoms with Crippen molar-refractivity contribution in [3.8, 4) is 5.97 Å². The lowest BCUT2D eigenvalue weighted by Crippen LogP contribution is -2.42. The van der Waals surface area contributed by atoms with Crippen LogP contribution in [0.4, 0.5) is 0 Å². The van der Waals surface area contributed by atoms with Gasteiger partial charge in [-0.2, -0.15) is 0 Å². The summed E-state index contributed by atoms with van der Waals surface area (Å²) in [6, 6.07) is 0. The predicted molar refractivity (Wildman–Crippen MR) is 76.6 cm³/mol. The van der Waals surface area contributed by atoms with Crippen molar-refractivity contribution in [2.45, 2.75) is 13.2 Å². The van der Waals surface area contributed by atoms with Gasteiger partial charge in [-0.25, -0.2) is 9.57 Å². The third-order valence-corrected chi connectivity index (χ3v) is 3.65. The Morgan fingerprint density at radius 2 is 2.41 bits per heavy atom. The first-order valence-corrected chi connectivity index (χ1v) is 6.37. The molecule has 0 amide bonds. The zero-order valence-electron chi connectivity index (χ0n) is 10.1. The van der Waals surface area contributed by atoms with Gasteiger partial charge in [-0.05, 0) is 30.8 Å². The van der Waals surface area contributed by atoms with E-state index in [1.54, 1.807) is 25.3 Å². The van der Waals surface area contributed by atoms with Gasteiger partial charge in [0.25, 0.3) is 7.28 Å². The van der Waals surface area contributed by atoms with Crippen molar-refractivity contribution in [3.05, 3.63) is 35.2 Å². The summed E-state index contributed by atoms with van der Waals surface area (Å²) in [5, 5.41) is 8.45. The van der Waals surface area contributed by atoms with Crippen LogP contribution in [-0.2, 0) is 0 Å². The normalized spacial score (nSPS) is 18.4. The molecule has 1 rings (SSSR count). The summed E-state index contributed by atoms with van der Waals surface area (Å²) in [7, 11) is 7.39. The Hall–Kier alpha value is -0.850. The van der Waals surface area contributed by atoms with Crippen molar-refractivity contribution in [2.24, 2.45) is 5.92 Å². The van der Waals surface area contributed by atoms with Gasteiger partial charge in [0.05, 0.1) is 0 Å². The number of hydrogen-bond donors (Lipinski definition) is 0. The topological polar surface area (TPSA) is 27.0 Å². The molecule has 1 aliphatic heterocycles. The monoisotopic (exact) mass is 241 g/mol. The van der Waals surface area contributed by atoms with E-state index < -0.39 is 0 Å². The molecule has 17 heavy (non-hydrogen) atoms. The van der Waals surface area contributed by atoms with Crippen molar-refractivity contribution < 1.29 is 0 Å². The van der Waals surface area contributed by atoms with Crippen LogP contribution in [0.3, 0.4) is 0 Å². The summed E-state index contributed by atoms with van der Waals surface area (Å²) in [6.45, 7) is 7.68. The minimum Gasteiger partial charge on any atom is -0.246 e. The minimum atomic E-state index is 0.626. The van der Waals surface area contributed by atoms with Gasteiger partial charge in [0.2, 0.25) is 0 Å². The average Bonchev–Trinajstić information content (AvgIpc) is 2.29. The number of allylic oxidation sites excluding steroid dienone is 4. The molecular formula is C12H15B2N2S. The van der Waals surface area contributed by atoms with Crippen LogP contribution in [0.2, 0.25) is 6.32 Å². The van der Waals surface area contributed by atoms with Gasteiger partial charge in [-0.3, -0.25) is 0 Å². The Morgan fingerprint density at radius 3 is 2.94 bits per heavy atom. The van der Waals surface area contributed by atoms with Gasteiger partial charge < -0.3 is 0 Å². The second kappa shape index (κ2) is 7.47. The summed E-state index contributed by atoms with van der Waals surface area (Å²) in [5.41, 5.74) is 0.681. The smallest absolute Gasteiger partial charge is 0.246 e. The zero-order chi connectivity index (χ0) is 12.7. The molecule has 0 saturated carbocycles. The summed E-state index contributed by atoms with van der Waals surface area (Å²) in [4.78, 5) is 1.13. The molecule has 0 aromatic heterocycles. The lowest BCUT2D eigenvalue weighted by atomic mass is 9.70. The van der Waals surface area contributed by atoms with E-state index in [2.05, 4.69) is 16.9 Å². The minimum absolute atomic E-state index is 0.626. The molecule has 3 radical (unpaired) electrons. The van der Waals surface area contributed by atoms with E-state index in [4.69, 9.17) is 13.1 Å². The quantitative estimate of drug-likeness (QED) is 0.405. The first kappa shape index (κ1) is 14.2. The van der Waals surface area contributed by atoms with Gasteiger partial charge in [0.15, 0.2) is 0 Å². The maximum Gasteiger partial charge on any atom is 0.255 e. The van der Waals surface area contributed by atoms with Gasteiger partial charge in [-0.1, -0.05) is 36.6 Å². The molecule has 0 atom stereocenters. The van der Waals surface area contributed by atoms with Crippen molar-refractivity contribution >= 4 is 27.1 Å². The highest BCUT2D eigenvalue weighted by atomic mass is 32.2. The summed E-state index contributed by atoms with van der Waals surface area (Å²) in [6.07, 6.45) is 6.50. The van der Waals surface area contributed by atoms with E-state index in [-0.39, 0.29) is 0 Å². The molecule has 1 aliphatic rings. The van der Waals surface area contributed by atoms with Crippen molar-refractivity contribution in [2.75, 3.05) is 13.1 Å². The average molecular weight is 241 g/mol. The molecule has 1 heterocycles. The van der Waals surface area contributed by atoms with Gasteiger partial charge in [-0.15, -0.1) is 0 Å². The Labute approximate surface area is 110 Å². The van der Waals surface area contributed by atoms with E-state index in [1.807, 2.05) is 19.1 Å². The van der Waals surface area contributed by atoms with E-state index in [0.29, 0.717) is 11.4 Å². The Bertz CT molecular complexity index is 365. The fraction of sp³-hybridized carbons (Fsp3) is 0.417. The van der Waals surface area contributed by atoms with Crippen LogP contribution in [0.25, 0.3) is 0 Å². The first-order valence-electron chi connectivity index (χ1n) is 5.59. The van der Waals surface area contributed by atoms with Crippen LogP contribution in [0, 0.1) is 17.1 Å². The molecule has 0 bridgehead atoms. The molecule has 85 valence electrons. The molecule has 0 aromatic carbocycles. The summed E-state index contributed by atoms with van der Waals surface area (Å²) in [5.74, 6) is 2.69. The maximum absolute atomic E-state index is 8.45. The number of nitriles is 1. The van der Waals surface area contributed by atoms with Gasteiger partial charge in [0, 0.05) is 18.0 Å². The van der Waals surface area contributed by atoms with Crippen molar-refractivity contribution in [3.63, 3.8) is 0 Å². The van der Waals surface area contributed by atoms with E-state index in [1.165, 1.54) is 0 Å². The maximum atomic E-state index is 8.45. The van der Waals surface area contributed by atoms with E-state index in [0.717, 1.165) is 24.3 Å². The first-order chi connectivity index (χ1) is 8.19. The fourth-order valence-electron chi connectivity index (χ4n) is 1.50. The Morgan fingerprint density at radius 1 is 1.71 bits per heavy atom.